The highest BCUT2D eigenvalue weighted by Gasteiger charge is 2.66. The lowest BCUT2D eigenvalue weighted by Gasteiger charge is -2.08. The van der Waals surface area contributed by atoms with Crippen LogP contribution in [0.2, 0.25) is 0 Å². The molecule has 2 saturated carbocycles. The van der Waals surface area contributed by atoms with Crippen LogP contribution in [0.4, 0.5) is 0 Å². The van der Waals surface area contributed by atoms with Gasteiger partial charge in [-0.3, -0.25) is 0 Å². The molecule has 1 heterocycles. The second-order valence-electron chi connectivity index (χ2n) is 4.73. The summed E-state index contributed by atoms with van der Waals surface area (Å²) in [6, 6.07) is 0. The van der Waals surface area contributed by atoms with Gasteiger partial charge in [-0.1, -0.05) is 24.3 Å². The van der Waals surface area contributed by atoms with Crippen molar-refractivity contribution in [1.29, 1.82) is 0 Å². The summed E-state index contributed by atoms with van der Waals surface area (Å²) in [6.07, 6.45) is 5.80. The molecule has 2 fully saturated rings. The molecule has 1 aromatic rings. The van der Waals surface area contributed by atoms with E-state index in [1.165, 1.54) is 37.2 Å². The summed E-state index contributed by atoms with van der Waals surface area (Å²) in [5, 5.41) is 14.8. The van der Waals surface area contributed by atoms with Gasteiger partial charge in [-0.2, -0.15) is 0 Å². The van der Waals surface area contributed by atoms with E-state index in [-0.39, 0.29) is 0 Å². The third-order valence-electron chi connectivity index (χ3n) is 4.04. The number of fused-ring (bicyclic) bond motifs is 1. The molecule has 4 heteroatoms. The number of aliphatic hydroxyl groups is 1. The van der Waals surface area contributed by atoms with Gasteiger partial charge in [0.15, 0.2) is 0 Å². The largest absolute Gasteiger partial charge is 0.384 e. The number of hydrogen-bond acceptors (Lipinski definition) is 4. The summed E-state index contributed by atoms with van der Waals surface area (Å²) < 4.78 is 3.99. The second kappa shape index (κ2) is 3.25. The van der Waals surface area contributed by atoms with Crippen molar-refractivity contribution in [2.24, 2.45) is 11.8 Å². The molecule has 3 nitrogen and oxygen atoms in total. The van der Waals surface area contributed by atoms with Gasteiger partial charge in [0, 0.05) is 0 Å². The zero-order valence-electron chi connectivity index (χ0n) is 8.94. The SMILES string of the molecule is CCc1nnsc1C1(O)C2CCCCC21. The van der Waals surface area contributed by atoms with Gasteiger partial charge in [-0.05, 0) is 42.6 Å². The molecule has 2 unspecified atom stereocenters. The Morgan fingerprint density at radius 3 is 2.67 bits per heavy atom. The Labute approximate surface area is 93.7 Å². The maximum absolute atomic E-state index is 10.7. The maximum Gasteiger partial charge on any atom is 0.109 e. The van der Waals surface area contributed by atoms with Crippen LogP contribution in [0, 0.1) is 11.8 Å². The summed E-state index contributed by atoms with van der Waals surface area (Å²) in [5.41, 5.74) is 0.465. The number of hydrogen-bond donors (Lipinski definition) is 1. The summed E-state index contributed by atoms with van der Waals surface area (Å²) in [6.45, 7) is 2.08. The van der Waals surface area contributed by atoms with E-state index >= 15 is 0 Å². The third kappa shape index (κ3) is 1.21. The Bertz CT molecular complexity index is 364. The van der Waals surface area contributed by atoms with Crippen molar-refractivity contribution in [2.45, 2.75) is 44.6 Å². The molecule has 2 aliphatic carbocycles. The topological polar surface area (TPSA) is 46.0 Å². The molecular weight excluding hydrogens is 208 g/mol. The predicted octanol–water partition coefficient (Wildman–Crippen LogP) is 2.11. The second-order valence-corrected chi connectivity index (χ2v) is 5.48. The van der Waals surface area contributed by atoms with Crippen LogP contribution in [-0.2, 0) is 12.0 Å². The lowest BCUT2D eigenvalue weighted by molar-refractivity contribution is 0.121. The average Bonchev–Trinajstić information content (AvgIpc) is 2.69. The van der Waals surface area contributed by atoms with Gasteiger partial charge in [0.1, 0.15) is 5.60 Å². The van der Waals surface area contributed by atoms with Crippen LogP contribution in [-0.4, -0.2) is 14.7 Å². The fourth-order valence-electron chi connectivity index (χ4n) is 3.17. The fourth-order valence-corrected chi connectivity index (χ4v) is 4.13. The molecule has 0 amide bonds. The van der Waals surface area contributed by atoms with E-state index in [2.05, 4.69) is 16.5 Å². The predicted molar refractivity (Wildman–Crippen MR) is 58.6 cm³/mol. The van der Waals surface area contributed by atoms with Gasteiger partial charge in [0.25, 0.3) is 0 Å². The number of rotatable bonds is 2. The molecule has 3 rings (SSSR count). The van der Waals surface area contributed by atoms with Crippen molar-refractivity contribution in [3.8, 4) is 0 Å². The van der Waals surface area contributed by atoms with E-state index in [1.807, 2.05) is 0 Å². The molecular formula is C11H16N2OS. The van der Waals surface area contributed by atoms with Crippen LogP contribution in [0.1, 0.15) is 43.2 Å². The van der Waals surface area contributed by atoms with E-state index < -0.39 is 5.60 Å². The minimum atomic E-state index is -0.546. The Morgan fingerprint density at radius 1 is 1.40 bits per heavy atom. The number of aryl methyl sites for hydroxylation is 1. The Hall–Kier alpha value is -0.480. The van der Waals surface area contributed by atoms with Gasteiger partial charge in [0.2, 0.25) is 0 Å². The zero-order valence-corrected chi connectivity index (χ0v) is 9.76. The molecule has 0 saturated heterocycles. The van der Waals surface area contributed by atoms with Gasteiger partial charge in [-0.15, -0.1) is 5.10 Å². The molecule has 0 radical (unpaired) electrons. The highest BCUT2D eigenvalue weighted by molar-refractivity contribution is 7.05. The van der Waals surface area contributed by atoms with E-state index in [1.54, 1.807) is 0 Å². The van der Waals surface area contributed by atoms with Crippen molar-refractivity contribution in [1.82, 2.24) is 9.59 Å². The Morgan fingerprint density at radius 2 is 2.07 bits per heavy atom. The molecule has 0 aromatic carbocycles. The van der Waals surface area contributed by atoms with Gasteiger partial charge in [-0.25, -0.2) is 0 Å². The Kier molecular flexibility index (Phi) is 2.11. The van der Waals surface area contributed by atoms with Crippen molar-refractivity contribution in [3.63, 3.8) is 0 Å². The molecule has 0 bridgehead atoms. The lowest BCUT2D eigenvalue weighted by atomic mass is 10.0. The van der Waals surface area contributed by atoms with Crippen molar-refractivity contribution in [3.05, 3.63) is 10.6 Å². The highest BCUT2D eigenvalue weighted by atomic mass is 32.1. The summed E-state index contributed by atoms with van der Waals surface area (Å²) in [7, 11) is 0. The third-order valence-corrected chi connectivity index (χ3v) is 4.95. The van der Waals surface area contributed by atoms with Gasteiger partial charge in [0.05, 0.1) is 10.6 Å². The standard InChI is InChI=1S/C11H16N2OS/c1-2-9-10(15-13-12-9)11(14)7-5-3-4-6-8(7)11/h7-8,14H,2-6H2,1H3. The highest BCUT2D eigenvalue weighted by Crippen LogP contribution is 2.65. The van der Waals surface area contributed by atoms with Crippen LogP contribution >= 0.6 is 11.5 Å². The van der Waals surface area contributed by atoms with Crippen LogP contribution < -0.4 is 0 Å². The van der Waals surface area contributed by atoms with Crippen LogP contribution in [0.3, 0.4) is 0 Å². The average molecular weight is 224 g/mol. The summed E-state index contributed by atoms with van der Waals surface area (Å²) in [5.74, 6) is 0.998. The fraction of sp³-hybridized carbons (Fsp3) is 0.818. The smallest absolute Gasteiger partial charge is 0.109 e. The van der Waals surface area contributed by atoms with Gasteiger partial charge >= 0.3 is 0 Å². The van der Waals surface area contributed by atoms with Crippen LogP contribution in [0.25, 0.3) is 0 Å². The van der Waals surface area contributed by atoms with E-state index in [0.717, 1.165) is 17.0 Å². The first-order valence-corrected chi connectivity index (χ1v) is 6.60. The number of aromatic nitrogens is 2. The van der Waals surface area contributed by atoms with Crippen molar-refractivity contribution < 1.29 is 5.11 Å². The normalized spacial score (nSPS) is 38.8. The minimum absolute atomic E-state index is 0.499. The molecule has 1 aromatic heterocycles. The molecule has 1 N–H and O–H groups in total. The molecule has 2 atom stereocenters. The first-order valence-electron chi connectivity index (χ1n) is 5.82. The van der Waals surface area contributed by atoms with Gasteiger partial charge < -0.3 is 5.11 Å². The monoisotopic (exact) mass is 224 g/mol. The molecule has 2 aliphatic rings. The number of nitrogens with zero attached hydrogens (tertiary/aromatic N) is 2. The van der Waals surface area contributed by atoms with Crippen LogP contribution in [0.15, 0.2) is 0 Å². The van der Waals surface area contributed by atoms with Crippen molar-refractivity contribution >= 4 is 11.5 Å². The maximum atomic E-state index is 10.7. The van der Waals surface area contributed by atoms with Crippen LogP contribution in [0.5, 0.6) is 0 Å². The quantitative estimate of drug-likeness (QED) is 0.837. The molecule has 15 heavy (non-hydrogen) atoms. The first-order chi connectivity index (χ1) is 7.28. The summed E-state index contributed by atoms with van der Waals surface area (Å²) in [4.78, 5) is 1.06. The first kappa shape index (κ1) is 9.73. The van der Waals surface area contributed by atoms with E-state index in [4.69, 9.17) is 0 Å². The molecule has 0 spiro atoms. The van der Waals surface area contributed by atoms with E-state index in [0.29, 0.717) is 11.8 Å². The van der Waals surface area contributed by atoms with E-state index in [9.17, 15) is 5.11 Å². The molecule has 82 valence electrons. The summed E-state index contributed by atoms with van der Waals surface area (Å²) >= 11 is 1.40. The lowest BCUT2D eigenvalue weighted by Crippen LogP contribution is -2.10. The van der Waals surface area contributed by atoms with Crippen molar-refractivity contribution in [2.75, 3.05) is 0 Å². The zero-order chi connectivity index (χ0) is 10.5. The molecule has 0 aliphatic heterocycles. The minimum Gasteiger partial charge on any atom is -0.384 e. The Balaban J connectivity index is 1.94.